The molecule has 0 fully saturated rings. The van der Waals surface area contributed by atoms with Crippen LogP contribution in [0.15, 0.2) is 12.3 Å². The van der Waals surface area contributed by atoms with Gasteiger partial charge in [-0.2, -0.15) is 23.5 Å². The van der Waals surface area contributed by atoms with Crippen molar-refractivity contribution in [3.05, 3.63) is 35.0 Å². The molecule has 25 heavy (non-hydrogen) atoms. The SMILES string of the molecule is Cc1cc(C(=O)Nc2nn(C(C)(C)C)cc2C#N)nc(C(F)(F)F)n1. The molecule has 1 N–H and O–H groups in total. The van der Waals surface area contributed by atoms with E-state index in [1.165, 1.54) is 17.8 Å². The van der Waals surface area contributed by atoms with Gasteiger partial charge in [0.15, 0.2) is 5.82 Å². The van der Waals surface area contributed by atoms with Gasteiger partial charge in [0.1, 0.15) is 17.3 Å². The molecule has 0 unspecified atom stereocenters. The van der Waals surface area contributed by atoms with Gasteiger partial charge in [0.05, 0.1) is 5.54 Å². The van der Waals surface area contributed by atoms with E-state index in [0.29, 0.717) is 0 Å². The minimum Gasteiger partial charge on any atom is -0.303 e. The summed E-state index contributed by atoms with van der Waals surface area (Å²) in [7, 11) is 0. The van der Waals surface area contributed by atoms with Gasteiger partial charge in [-0.05, 0) is 33.8 Å². The molecule has 2 aromatic heterocycles. The number of aromatic nitrogens is 4. The minimum absolute atomic E-state index is 0.00629. The number of amides is 1. The lowest BCUT2D eigenvalue weighted by molar-refractivity contribution is -0.145. The summed E-state index contributed by atoms with van der Waals surface area (Å²) >= 11 is 0. The van der Waals surface area contributed by atoms with Gasteiger partial charge in [-0.25, -0.2) is 9.97 Å². The molecule has 0 aliphatic carbocycles. The summed E-state index contributed by atoms with van der Waals surface area (Å²) in [5.74, 6) is -2.36. The maximum Gasteiger partial charge on any atom is 0.451 e. The first-order valence-electron chi connectivity index (χ1n) is 7.16. The molecule has 2 heterocycles. The Bertz CT molecular complexity index is 858. The summed E-state index contributed by atoms with van der Waals surface area (Å²) in [5.41, 5.74) is -0.823. The molecule has 0 spiro atoms. The second-order valence-electron chi connectivity index (χ2n) is 6.29. The summed E-state index contributed by atoms with van der Waals surface area (Å²) in [4.78, 5) is 18.8. The lowest BCUT2D eigenvalue weighted by Crippen LogP contribution is -2.23. The highest BCUT2D eigenvalue weighted by Crippen LogP contribution is 2.26. The molecule has 0 aliphatic heterocycles. The van der Waals surface area contributed by atoms with Crippen molar-refractivity contribution in [2.45, 2.75) is 39.4 Å². The fourth-order valence-electron chi connectivity index (χ4n) is 1.87. The van der Waals surface area contributed by atoms with Crippen molar-refractivity contribution in [3.8, 4) is 6.07 Å². The van der Waals surface area contributed by atoms with E-state index in [4.69, 9.17) is 5.26 Å². The molecule has 1 amide bonds. The standard InChI is InChI=1S/C15H15F3N6O/c1-8-5-10(21-13(20-8)15(16,17)18)12(25)22-11-9(6-19)7-24(23-11)14(2,3)4/h5,7H,1-4H3,(H,22,23,25). The highest BCUT2D eigenvalue weighted by molar-refractivity contribution is 6.03. The normalized spacial score (nSPS) is 11.9. The third kappa shape index (κ3) is 4.12. The number of nitriles is 1. The average molecular weight is 352 g/mol. The molecular formula is C15H15F3N6O. The first-order valence-corrected chi connectivity index (χ1v) is 7.16. The Morgan fingerprint density at radius 3 is 2.44 bits per heavy atom. The number of hydrogen-bond acceptors (Lipinski definition) is 5. The highest BCUT2D eigenvalue weighted by Gasteiger charge is 2.35. The Hall–Kier alpha value is -2.96. The molecular weight excluding hydrogens is 337 g/mol. The van der Waals surface area contributed by atoms with Crippen LogP contribution in [0.2, 0.25) is 0 Å². The number of hydrogen-bond donors (Lipinski definition) is 1. The molecule has 2 aromatic rings. The number of nitrogens with zero attached hydrogens (tertiary/aromatic N) is 5. The van der Waals surface area contributed by atoms with Crippen LogP contribution in [0.25, 0.3) is 0 Å². The summed E-state index contributed by atoms with van der Waals surface area (Å²) in [5, 5.41) is 15.6. The van der Waals surface area contributed by atoms with Gasteiger partial charge in [-0.3, -0.25) is 9.48 Å². The van der Waals surface area contributed by atoms with Crippen molar-refractivity contribution < 1.29 is 18.0 Å². The molecule has 0 radical (unpaired) electrons. The van der Waals surface area contributed by atoms with Crippen LogP contribution in [0.5, 0.6) is 0 Å². The molecule has 0 saturated carbocycles. The van der Waals surface area contributed by atoms with Crippen LogP contribution in [-0.4, -0.2) is 25.7 Å². The summed E-state index contributed by atoms with van der Waals surface area (Å²) in [6, 6.07) is 3.00. The van der Waals surface area contributed by atoms with E-state index in [1.54, 1.807) is 0 Å². The van der Waals surface area contributed by atoms with Crippen molar-refractivity contribution in [3.63, 3.8) is 0 Å². The number of rotatable bonds is 2. The first kappa shape index (κ1) is 18.4. The van der Waals surface area contributed by atoms with E-state index < -0.39 is 29.1 Å². The van der Waals surface area contributed by atoms with Gasteiger partial charge < -0.3 is 5.32 Å². The zero-order chi connectivity index (χ0) is 19.0. The van der Waals surface area contributed by atoms with Crippen LogP contribution in [-0.2, 0) is 11.7 Å². The van der Waals surface area contributed by atoms with E-state index in [9.17, 15) is 18.0 Å². The highest BCUT2D eigenvalue weighted by atomic mass is 19.4. The van der Waals surface area contributed by atoms with E-state index >= 15 is 0 Å². The Balaban J connectivity index is 2.37. The molecule has 0 bridgehead atoms. The number of carbonyl (C=O) groups excluding carboxylic acids is 1. The van der Waals surface area contributed by atoms with Crippen molar-refractivity contribution >= 4 is 11.7 Å². The van der Waals surface area contributed by atoms with Crippen molar-refractivity contribution in [2.24, 2.45) is 0 Å². The van der Waals surface area contributed by atoms with Crippen LogP contribution in [0.3, 0.4) is 0 Å². The van der Waals surface area contributed by atoms with Gasteiger partial charge in [0, 0.05) is 11.9 Å². The fourth-order valence-corrected chi connectivity index (χ4v) is 1.87. The molecule has 2 rings (SSSR count). The Morgan fingerprint density at radius 2 is 1.92 bits per heavy atom. The maximum absolute atomic E-state index is 12.8. The number of anilines is 1. The second kappa shape index (κ2) is 6.16. The average Bonchev–Trinajstić information content (AvgIpc) is 2.88. The van der Waals surface area contributed by atoms with Crippen molar-refractivity contribution in [2.75, 3.05) is 5.32 Å². The largest absolute Gasteiger partial charge is 0.451 e. The van der Waals surface area contributed by atoms with E-state index in [-0.39, 0.29) is 17.1 Å². The van der Waals surface area contributed by atoms with E-state index in [2.05, 4.69) is 20.4 Å². The van der Waals surface area contributed by atoms with Crippen LogP contribution in [0.1, 0.15) is 48.3 Å². The molecule has 0 atom stereocenters. The third-order valence-corrected chi connectivity index (χ3v) is 3.09. The van der Waals surface area contributed by atoms with Crippen molar-refractivity contribution in [1.82, 2.24) is 19.7 Å². The summed E-state index contributed by atoms with van der Waals surface area (Å²) < 4.78 is 39.8. The summed E-state index contributed by atoms with van der Waals surface area (Å²) in [6.45, 7) is 6.85. The predicted octanol–water partition coefficient (Wildman–Crippen LogP) is 2.88. The monoisotopic (exact) mass is 352 g/mol. The second-order valence-corrected chi connectivity index (χ2v) is 6.29. The molecule has 7 nitrogen and oxygen atoms in total. The molecule has 0 aliphatic rings. The predicted molar refractivity (Wildman–Crippen MR) is 81.7 cm³/mol. The number of carbonyl (C=O) groups is 1. The summed E-state index contributed by atoms with van der Waals surface area (Å²) in [6.07, 6.45) is -3.32. The Kier molecular flexibility index (Phi) is 4.53. The Labute approximate surface area is 141 Å². The zero-order valence-corrected chi connectivity index (χ0v) is 13.9. The van der Waals surface area contributed by atoms with E-state index in [0.717, 1.165) is 6.07 Å². The lowest BCUT2D eigenvalue weighted by atomic mass is 10.1. The Morgan fingerprint density at radius 1 is 1.28 bits per heavy atom. The van der Waals surface area contributed by atoms with Gasteiger partial charge in [-0.1, -0.05) is 0 Å². The topological polar surface area (TPSA) is 96.5 Å². The maximum atomic E-state index is 12.8. The van der Waals surface area contributed by atoms with E-state index in [1.807, 2.05) is 26.8 Å². The zero-order valence-electron chi connectivity index (χ0n) is 13.9. The minimum atomic E-state index is -4.77. The van der Waals surface area contributed by atoms with Crippen LogP contribution < -0.4 is 5.32 Å². The van der Waals surface area contributed by atoms with Crippen LogP contribution in [0, 0.1) is 18.3 Å². The lowest BCUT2D eigenvalue weighted by Gasteiger charge is -2.18. The van der Waals surface area contributed by atoms with Crippen LogP contribution in [0.4, 0.5) is 19.0 Å². The van der Waals surface area contributed by atoms with Gasteiger partial charge in [-0.15, -0.1) is 0 Å². The first-order chi connectivity index (χ1) is 11.4. The molecule has 0 saturated heterocycles. The molecule has 0 aromatic carbocycles. The van der Waals surface area contributed by atoms with Gasteiger partial charge in [0.25, 0.3) is 5.91 Å². The number of nitrogens with one attached hydrogen (secondary N) is 1. The van der Waals surface area contributed by atoms with Gasteiger partial charge >= 0.3 is 6.18 Å². The smallest absolute Gasteiger partial charge is 0.303 e. The number of alkyl halides is 3. The van der Waals surface area contributed by atoms with Crippen molar-refractivity contribution in [1.29, 1.82) is 5.26 Å². The number of halogens is 3. The fraction of sp³-hybridized carbons (Fsp3) is 0.400. The molecule has 132 valence electrons. The van der Waals surface area contributed by atoms with Gasteiger partial charge in [0.2, 0.25) is 5.82 Å². The third-order valence-electron chi connectivity index (χ3n) is 3.09. The van der Waals surface area contributed by atoms with Crippen LogP contribution >= 0.6 is 0 Å². The quantitative estimate of drug-likeness (QED) is 0.896. The number of aryl methyl sites for hydroxylation is 1. The molecule has 10 heteroatoms.